The first-order valence-corrected chi connectivity index (χ1v) is 6.26. The lowest BCUT2D eigenvalue weighted by molar-refractivity contribution is -0.116. The minimum absolute atomic E-state index is 0. The molecule has 0 fully saturated rings. The Morgan fingerprint density at radius 3 is 2.84 bits per heavy atom. The van der Waals surface area contributed by atoms with Gasteiger partial charge in [0.25, 0.3) is 0 Å². The van der Waals surface area contributed by atoms with Crippen LogP contribution in [-0.4, -0.2) is 25.1 Å². The number of fused-ring (bicyclic) bond motifs is 1. The smallest absolute Gasteiger partial charge is 0.225 e. The van der Waals surface area contributed by atoms with Crippen LogP contribution >= 0.6 is 12.4 Å². The van der Waals surface area contributed by atoms with E-state index in [4.69, 9.17) is 4.74 Å². The van der Waals surface area contributed by atoms with Gasteiger partial charge in [-0.25, -0.2) is 0 Å². The van der Waals surface area contributed by atoms with E-state index in [0.29, 0.717) is 13.0 Å². The fraction of sp³-hybridized carbons (Fsp3) is 0.500. The summed E-state index contributed by atoms with van der Waals surface area (Å²) in [6, 6.07) is 5.82. The number of anilines is 1. The number of hydrogen-bond acceptors (Lipinski definition) is 3. The van der Waals surface area contributed by atoms with Crippen LogP contribution in [0.4, 0.5) is 5.69 Å². The normalized spacial score (nSPS) is 15.1. The van der Waals surface area contributed by atoms with Gasteiger partial charge in [0.15, 0.2) is 0 Å². The van der Waals surface area contributed by atoms with Gasteiger partial charge in [-0.1, -0.05) is 0 Å². The number of hydrogen-bond donors (Lipinski definition) is 2. The van der Waals surface area contributed by atoms with Crippen molar-refractivity contribution in [2.45, 2.75) is 32.3 Å². The molecule has 19 heavy (non-hydrogen) atoms. The van der Waals surface area contributed by atoms with E-state index in [1.54, 1.807) is 0 Å². The average Bonchev–Trinajstić information content (AvgIpc) is 2.59. The number of amides is 1. The monoisotopic (exact) mass is 284 g/mol. The predicted molar refractivity (Wildman–Crippen MR) is 79.3 cm³/mol. The molecule has 2 rings (SSSR count). The number of halogens is 1. The summed E-state index contributed by atoms with van der Waals surface area (Å²) >= 11 is 0. The maximum Gasteiger partial charge on any atom is 0.225 e. The van der Waals surface area contributed by atoms with Crippen molar-refractivity contribution < 1.29 is 9.53 Å². The minimum Gasteiger partial charge on any atom is -0.487 e. The number of ether oxygens (including phenoxy) is 1. The zero-order chi connectivity index (χ0) is 13.2. The fourth-order valence-corrected chi connectivity index (χ4v) is 2.15. The van der Waals surface area contributed by atoms with Gasteiger partial charge in [0.1, 0.15) is 11.4 Å². The molecule has 1 aromatic rings. The summed E-state index contributed by atoms with van der Waals surface area (Å²) in [5.74, 6) is 0.954. The van der Waals surface area contributed by atoms with Gasteiger partial charge >= 0.3 is 0 Å². The molecule has 1 heterocycles. The van der Waals surface area contributed by atoms with E-state index in [1.807, 2.05) is 25.2 Å². The van der Waals surface area contributed by atoms with E-state index in [2.05, 4.69) is 24.5 Å². The molecule has 5 heteroatoms. The van der Waals surface area contributed by atoms with E-state index in [1.165, 1.54) is 0 Å². The van der Waals surface area contributed by atoms with Crippen LogP contribution in [0.3, 0.4) is 0 Å². The Labute approximate surface area is 120 Å². The maximum atomic E-state index is 11.6. The van der Waals surface area contributed by atoms with Crippen molar-refractivity contribution in [3.05, 3.63) is 23.8 Å². The zero-order valence-electron chi connectivity index (χ0n) is 11.6. The predicted octanol–water partition coefficient (Wildman–Crippen LogP) is 2.37. The molecule has 1 aliphatic heterocycles. The van der Waals surface area contributed by atoms with Gasteiger partial charge in [0.05, 0.1) is 0 Å². The van der Waals surface area contributed by atoms with Gasteiger partial charge in [-0.3, -0.25) is 4.79 Å². The van der Waals surface area contributed by atoms with Crippen LogP contribution < -0.4 is 15.4 Å². The molecule has 0 unspecified atom stereocenters. The van der Waals surface area contributed by atoms with E-state index in [9.17, 15) is 4.79 Å². The summed E-state index contributed by atoms with van der Waals surface area (Å²) < 4.78 is 5.80. The second-order valence-electron chi connectivity index (χ2n) is 5.26. The SMILES string of the molecule is CNCCC(=O)Nc1ccc2c(c1)CC(C)(C)O2.Cl. The van der Waals surface area contributed by atoms with Crippen molar-refractivity contribution in [1.82, 2.24) is 5.32 Å². The van der Waals surface area contributed by atoms with Gasteiger partial charge in [0, 0.05) is 30.6 Å². The second-order valence-corrected chi connectivity index (χ2v) is 5.26. The van der Waals surface area contributed by atoms with Crippen molar-refractivity contribution in [3.63, 3.8) is 0 Å². The Morgan fingerprint density at radius 1 is 1.42 bits per heavy atom. The molecule has 0 bridgehead atoms. The van der Waals surface area contributed by atoms with Crippen LogP contribution in [0.15, 0.2) is 18.2 Å². The summed E-state index contributed by atoms with van der Waals surface area (Å²) in [7, 11) is 1.84. The first-order chi connectivity index (χ1) is 8.50. The quantitative estimate of drug-likeness (QED) is 0.892. The fourth-order valence-electron chi connectivity index (χ4n) is 2.15. The van der Waals surface area contributed by atoms with Gasteiger partial charge in [-0.2, -0.15) is 0 Å². The summed E-state index contributed by atoms with van der Waals surface area (Å²) in [5, 5.41) is 5.86. The summed E-state index contributed by atoms with van der Waals surface area (Å²) in [5.41, 5.74) is 1.86. The molecule has 0 radical (unpaired) electrons. The third-order valence-corrected chi connectivity index (χ3v) is 2.95. The third-order valence-electron chi connectivity index (χ3n) is 2.95. The molecule has 0 saturated heterocycles. The van der Waals surface area contributed by atoms with E-state index >= 15 is 0 Å². The Bertz CT molecular complexity index is 461. The van der Waals surface area contributed by atoms with Gasteiger partial charge in [0.2, 0.25) is 5.91 Å². The van der Waals surface area contributed by atoms with Crippen LogP contribution in [0.1, 0.15) is 25.8 Å². The van der Waals surface area contributed by atoms with E-state index in [0.717, 1.165) is 23.4 Å². The first-order valence-electron chi connectivity index (χ1n) is 6.26. The largest absolute Gasteiger partial charge is 0.487 e. The molecule has 0 aliphatic carbocycles. The highest BCUT2D eigenvalue weighted by molar-refractivity contribution is 5.91. The summed E-state index contributed by atoms with van der Waals surface area (Å²) in [4.78, 5) is 11.6. The lowest BCUT2D eigenvalue weighted by Gasteiger charge is -2.16. The van der Waals surface area contributed by atoms with Crippen molar-refractivity contribution in [2.75, 3.05) is 18.9 Å². The molecule has 106 valence electrons. The maximum absolute atomic E-state index is 11.6. The first kappa shape index (κ1) is 15.8. The number of carbonyl (C=O) groups is 1. The molecule has 0 aromatic heterocycles. The zero-order valence-corrected chi connectivity index (χ0v) is 12.4. The topological polar surface area (TPSA) is 50.4 Å². The lowest BCUT2D eigenvalue weighted by Crippen LogP contribution is -2.24. The highest BCUT2D eigenvalue weighted by Crippen LogP contribution is 2.36. The average molecular weight is 285 g/mol. The molecule has 0 atom stereocenters. The minimum atomic E-state index is -0.142. The highest BCUT2D eigenvalue weighted by atomic mass is 35.5. The van der Waals surface area contributed by atoms with Gasteiger partial charge in [-0.05, 0) is 39.1 Å². The van der Waals surface area contributed by atoms with Gasteiger partial charge in [-0.15, -0.1) is 12.4 Å². The van der Waals surface area contributed by atoms with Crippen LogP contribution in [0, 0.1) is 0 Å². The summed E-state index contributed by atoms with van der Waals surface area (Å²) in [6.45, 7) is 4.82. The van der Waals surface area contributed by atoms with Crippen molar-refractivity contribution in [1.29, 1.82) is 0 Å². The van der Waals surface area contributed by atoms with E-state index in [-0.39, 0.29) is 23.9 Å². The number of nitrogens with one attached hydrogen (secondary N) is 2. The number of carbonyl (C=O) groups excluding carboxylic acids is 1. The van der Waals surface area contributed by atoms with Crippen molar-refractivity contribution in [2.24, 2.45) is 0 Å². The molecule has 4 nitrogen and oxygen atoms in total. The Morgan fingerprint density at radius 2 is 2.16 bits per heavy atom. The highest BCUT2D eigenvalue weighted by Gasteiger charge is 2.29. The molecule has 0 spiro atoms. The van der Waals surface area contributed by atoms with Crippen LogP contribution in [0.2, 0.25) is 0 Å². The second kappa shape index (κ2) is 6.26. The summed E-state index contributed by atoms with van der Waals surface area (Å²) in [6.07, 6.45) is 1.36. The van der Waals surface area contributed by atoms with Gasteiger partial charge < -0.3 is 15.4 Å². The Balaban J connectivity index is 0.00000180. The molecule has 0 saturated carbocycles. The molecular weight excluding hydrogens is 264 g/mol. The van der Waals surface area contributed by atoms with E-state index < -0.39 is 0 Å². The molecule has 1 aliphatic rings. The molecule has 1 amide bonds. The third kappa shape index (κ3) is 4.11. The molecular formula is C14H21ClN2O2. The van der Waals surface area contributed by atoms with Crippen LogP contribution in [0.5, 0.6) is 5.75 Å². The molecule has 2 N–H and O–H groups in total. The standard InChI is InChI=1S/C14H20N2O2.ClH/c1-14(2)9-10-8-11(4-5-12(10)18-14)16-13(17)6-7-15-3;/h4-5,8,15H,6-7,9H2,1-3H3,(H,16,17);1H. The van der Waals surface area contributed by atoms with Crippen LogP contribution in [-0.2, 0) is 11.2 Å². The Hall–Kier alpha value is -1.26. The number of rotatable bonds is 4. The van der Waals surface area contributed by atoms with Crippen molar-refractivity contribution >= 4 is 24.0 Å². The van der Waals surface area contributed by atoms with Crippen molar-refractivity contribution in [3.8, 4) is 5.75 Å². The number of benzene rings is 1. The Kier molecular flexibility index (Phi) is 5.20. The lowest BCUT2D eigenvalue weighted by atomic mass is 10.0. The molecule has 1 aromatic carbocycles. The van der Waals surface area contributed by atoms with Crippen LogP contribution in [0.25, 0.3) is 0 Å².